The highest BCUT2D eigenvalue weighted by molar-refractivity contribution is 5.17. The van der Waals surface area contributed by atoms with Gasteiger partial charge in [-0.25, -0.2) is 5.43 Å². The fourth-order valence-electron chi connectivity index (χ4n) is 1.52. The molecule has 1 unspecified atom stereocenters. The predicted octanol–water partition coefficient (Wildman–Crippen LogP) is 1.99. The van der Waals surface area contributed by atoms with Crippen molar-refractivity contribution in [1.82, 2.24) is 10.9 Å². The lowest BCUT2D eigenvalue weighted by Gasteiger charge is -2.11. The fraction of sp³-hybridized carbons (Fsp3) is 0.143. The molecule has 0 spiro atoms. The summed E-state index contributed by atoms with van der Waals surface area (Å²) in [6, 6.07) is 19.3. The van der Waals surface area contributed by atoms with Gasteiger partial charge in [0.25, 0.3) is 0 Å². The maximum Gasteiger partial charge on any atom is 0.161 e. The van der Waals surface area contributed by atoms with Gasteiger partial charge < -0.3 is 5.11 Å². The maximum absolute atomic E-state index is 9.77. The molecule has 17 heavy (non-hydrogen) atoms. The Morgan fingerprint density at radius 2 is 1.53 bits per heavy atom. The van der Waals surface area contributed by atoms with Crippen LogP contribution < -0.4 is 10.9 Å². The Hall–Kier alpha value is -1.68. The van der Waals surface area contributed by atoms with Crippen molar-refractivity contribution < 1.29 is 5.11 Å². The van der Waals surface area contributed by atoms with Crippen LogP contribution in [0, 0.1) is 0 Å². The fourth-order valence-corrected chi connectivity index (χ4v) is 1.52. The second kappa shape index (κ2) is 6.15. The number of rotatable bonds is 5. The molecule has 1 radical (unpaired) electrons. The van der Waals surface area contributed by atoms with Gasteiger partial charge >= 0.3 is 0 Å². The third-order valence-corrected chi connectivity index (χ3v) is 2.44. The third-order valence-electron chi connectivity index (χ3n) is 2.44. The molecule has 0 fully saturated rings. The normalized spacial score (nSPS) is 12.3. The highest BCUT2D eigenvalue weighted by Gasteiger charge is 2.06. The van der Waals surface area contributed by atoms with Gasteiger partial charge in [0.05, 0.1) is 0 Å². The van der Waals surface area contributed by atoms with Gasteiger partial charge in [0, 0.05) is 6.54 Å². The SMILES string of the molecule is OC([N]NCc1ccccc1)c1ccccc1. The van der Waals surface area contributed by atoms with Crippen molar-refractivity contribution in [3.05, 3.63) is 71.8 Å². The number of hydrogen-bond donors (Lipinski definition) is 2. The van der Waals surface area contributed by atoms with Gasteiger partial charge in [0.1, 0.15) is 0 Å². The number of aliphatic hydroxyl groups excluding tert-OH is 1. The largest absolute Gasteiger partial charge is 0.371 e. The zero-order valence-corrected chi connectivity index (χ0v) is 9.45. The summed E-state index contributed by atoms with van der Waals surface area (Å²) >= 11 is 0. The average Bonchev–Trinajstić information content (AvgIpc) is 2.41. The first-order valence-electron chi connectivity index (χ1n) is 5.56. The molecule has 2 aromatic rings. The van der Waals surface area contributed by atoms with Crippen LogP contribution in [0.2, 0.25) is 0 Å². The molecule has 1 atom stereocenters. The molecule has 0 heterocycles. The molecule has 87 valence electrons. The lowest BCUT2D eigenvalue weighted by molar-refractivity contribution is 0.114. The van der Waals surface area contributed by atoms with E-state index < -0.39 is 6.23 Å². The number of nitrogens with zero attached hydrogens (tertiary/aromatic N) is 1. The molecule has 0 bridgehead atoms. The van der Waals surface area contributed by atoms with Crippen LogP contribution in [0.5, 0.6) is 0 Å². The minimum atomic E-state index is -0.820. The second-order valence-corrected chi connectivity index (χ2v) is 3.73. The van der Waals surface area contributed by atoms with Gasteiger partial charge in [0.15, 0.2) is 6.23 Å². The van der Waals surface area contributed by atoms with E-state index in [-0.39, 0.29) is 0 Å². The molecule has 0 aliphatic carbocycles. The average molecular weight is 227 g/mol. The molecular formula is C14H15N2O. The smallest absolute Gasteiger partial charge is 0.161 e. The van der Waals surface area contributed by atoms with E-state index in [1.165, 1.54) is 0 Å². The van der Waals surface area contributed by atoms with Crippen LogP contribution in [-0.4, -0.2) is 5.11 Å². The molecule has 0 saturated heterocycles. The van der Waals surface area contributed by atoms with Crippen LogP contribution in [-0.2, 0) is 6.54 Å². The van der Waals surface area contributed by atoms with Crippen LogP contribution in [0.3, 0.4) is 0 Å². The van der Waals surface area contributed by atoms with Crippen molar-refractivity contribution in [2.45, 2.75) is 12.8 Å². The third kappa shape index (κ3) is 3.67. The van der Waals surface area contributed by atoms with Crippen LogP contribution in [0.4, 0.5) is 0 Å². The van der Waals surface area contributed by atoms with E-state index in [1.807, 2.05) is 60.7 Å². The molecule has 0 aliphatic heterocycles. The second-order valence-electron chi connectivity index (χ2n) is 3.73. The highest BCUT2D eigenvalue weighted by atomic mass is 16.3. The van der Waals surface area contributed by atoms with Gasteiger partial charge in [-0.2, -0.15) is 0 Å². The van der Waals surface area contributed by atoms with Crippen molar-refractivity contribution in [3.8, 4) is 0 Å². The molecule has 0 amide bonds. The van der Waals surface area contributed by atoms with Gasteiger partial charge in [0.2, 0.25) is 0 Å². The van der Waals surface area contributed by atoms with E-state index in [0.717, 1.165) is 11.1 Å². The molecule has 3 nitrogen and oxygen atoms in total. The monoisotopic (exact) mass is 227 g/mol. The first-order valence-corrected chi connectivity index (χ1v) is 5.56. The summed E-state index contributed by atoms with van der Waals surface area (Å²) in [5.41, 5.74) is 8.79. The van der Waals surface area contributed by atoms with Crippen LogP contribution in [0.15, 0.2) is 60.7 Å². The van der Waals surface area contributed by atoms with Crippen molar-refractivity contribution in [2.24, 2.45) is 0 Å². The van der Waals surface area contributed by atoms with Crippen LogP contribution >= 0.6 is 0 Å². The van der Waals surface area contributed by atoms with E-state index in [0.29, 0.717) is 6.54 Å². The maximum atomic E-state index is 9.77. The Balaban J connectivity index is 1.79. The Kier molecular flexibility index (Phi) is 4.27. The Bertz CT molecular complexity index is 430. The molecule has 0 aliphatic rings. The van der Waals surface area contributed by atoms with Crippen molar-refractivity contribution >= 4 is 0 Å². The van der Waals surface area contributed by atoms with Crippen molar-refractivity contribution in [2.75, 3.05) is 0 Å². The number of nitrogens with one attached hydrogen (secondary N) is 1. The van der Waals surface area contributed by atoms with E-state index in [2.05, 4.69) is 10.9 Å². The minimum Gasteiger partial charge on any atom is -0.371 e. The molecule has 2 aromatic carbocycles. The molecule has 2 rings (SSSR count). The topological polar surface area (TPSA) is 46.4 Å². The van der Waals surface area contributed by atoms with Gasteiger partial charge in [-0.1, -0.05) is 60.7 Å². The van der Waals surface area contributed by atoms with E-state index in [9.17, 15) is 5.11 Å². The van der Waals surface area contributed by atoms with E-state index in [1.54, 1.807) is 0 Å². The Morgan fingerprint density at radius 1 is 0.941 bits per heavy atom. The lowest BCUT2D eigenvalue weighted by atomic mass is 10.2. The summed E-state index contributed by atoms with van der Waals surface area (Å²) in [6.45, 7) is 0.616. The predicted molar refractivity (Wildman–Crippen MR) is 66.8 cm³/mol. The summed E-state index contributed by atoms with van der Waals surface area (Å²) in [7, 11) is 0. The van der Waals surface area contributed by atoms with Gasteiger partial charge in [-0.05, 0) is 11.1 Å². The summed E-state index contributed by atoms with van der Waals surface area (Å²) < 4.78 is 0. The molecule has 0 aromatic heterocycles. The summed E-state index contributed by atoms with van der Waals surface area (Å²) in [4.78, 5) is 0. The standard InChI is InChI=1S/C14H15N2O/c17-14(13-9-5-2-6-10-13)16-15-11-12-7-3-1-4-8-12/h1-10,14-15,17H,11H2. The van der Waals surface area contributed by atoms with Gasteiger partial charge in [-0.15, -0.1) is 5.43 Å². The Labute approximate surface area is 101 Å². The molecule has 0 saturated carbocycles. The number of benzene rings is 2. The quantitative estimate of drug-likeness (QED) is 0.767. The molecular weight excluding hydrogens is 212 g/mol. The number of hydrogen-bond acceptors (Lipinski definition) is 2. The zero-order chi connectivity index (χ0) is 11.9. The van der Waals surface area contributed by atoms with Crippen LogP contribution in [0.25, 0.3) is 0 Å². The summed E-state index contributed by atoms with van der Waals surface area (Å²) in [5, 5.41) is 9.77. The zero-order valence-electron chi connectivity index (χ0n) is 9.45. The Morgan fingerprint density at radius 3 is 2.18 bits per heavy atom. The van der Waals surface area contributed by atoms with Gasteiger partial charge in [-0.3, -0.25) is 0 Å². The molecule has 3 heteroatoms. The summed E-state index contributed by atoms with van der Waals surface area (Å²) in [6.07, 6.45) is -0.820. The minimum absolute atomic E-state index is 0.616. The van der Waals surface area contributed by atoms with E-state index in [4.69, 9.17) is 0 Å². The lowest BCUT2D eigenvalue weighted by Crippen LogP contribution is -2.27. The highest BCUT2D eigenvalue weighted by Crippen LogP contribution is 2.08. The van der Waals surface area contributed by atoms with Crippen molar-refractivity contribution in [1.29, 1.82) is 0 Å². The van der Waals surface area contributed by atoms with E-state index >= 15 is 0 Å². The van der Waals surface area contributed by atoms with Crippen LogP contribution in [0.1, 0.15) is 17.4 Å². The first-order chi connectivity index (χ1) is 8.36. The number of aliphatic hydroxyl groups is 1. The van der Waals surface area contributed by atoms with Crippen molar-refractivity contribution in [3.63, 3.8) is 0 Å². The first kappa shape index (κ1) is 11.8. The summed E-state index contributed by atoms with van der Waals surface area (Å²) in [5.74, 6) is 0. The molecule has 2 N–H and O–H groups in total.